The van der Waals surface area contributed by atoms with Crippen LogP contribution in [0.25, 0.3) is 11.3 Å². The van der Waals surface area contributed by atoms with Gasteiger partial charge in [0.05, 0.1) is 0 Å². The molecule has 2 aromatic carbocycles. The first kappa shape index (κ1) is 19.5. The highest BCUT2D eigenvalue weighted by molar-refractivity contribution is 5.94. The highest BCUT2D eigenvalue weighted by Gasteiger charge is 2.24. The summed E-state index contributed by atoms with van der Waals surface area (Å²) in [5, 5.41) is 8.77. The summed E-state index contributed by atoms with van der Waals surface area (Å²) in [4.78, 5) is 26.9. The second-order valence-corrected chi connectivity index (χ2v) is 5.61. The Labute approximate surface area is 164 Å². The van der Waals surface area contributed by atoms with E-state index in [9.17, 15) is 9.59 Å². The maximum absolute atomic E-state index is 11.6. The molecule has 0 bridgehead atoms. The van der Waals surface area contributed by atoms with Crippen LogP contribution in [0, 0.1) is 0 Å². The number of carbonyl (C=O) groups is 2. The number of hydrogen-bond acceptors (Lipinski definition) is 8. The van der Waals surface area contributed by atoms with Crippen LogP contribution >= 0.6 is 0 Å². The van der Waals surface area contributed by atoms with Crippen molar-refractivity contribution in [3.05, 3.63) is 54.6 Å². The van der Waals surface area contributed by atoms with Crippen molar-refractivity contribution in [2.75, 3.05) is 10.0 Å². The summed E-state index contributed by atoms with van der Waals surface area (Å²) in [5.74, 6) is 11.6. The Balaban J connectivity index is 2.13. The Bertz CT molecular complexity index is 1050. The second kappa shape index (κ2) is 8.16. The van der Waals surface area contributed by atoms with Crippen LogP contribution in [0.15, 0.2) is 54.6 Å². The van der Waals surface area contributed by atoms with Gasteiger partial charge in [0.25, 0.3) is 5.95 Å². The largest absolute Gasteiger partial charge is 0.457 e. The van der Waals surface area contributed by atoms with E-state index in [1.807, 2.05) is 18.2 Å². The van der Waals surface area contributed by atoms with Crippen molar-refractivity contribution in [3.63, 3.8) is 0 Å². The predicted octanol–water partition coefficient (Wildman–Crippen LogP) is 0.848. The number of urea groups is 2. The lowest BCUT2D eigenvalue weighted by atomic mass is 10.1. The Morgan fingerprint density at radius 3 is 2.10 bits per heavy atom. The molecule has 0 atom stereocenters. The number of ether oxygens (including phenoxy) is 1. The Kier molecular flexibility index (Phi) is 5.48. The van der Waals surface area contributed by atoms with E-state index in [4.69, 9.17) is 27.9 Å². The van der Waals surface area contributed by atoms with E-state index in [2.05, 4.69) is 15.2 Å². The lowest BCUT2D eigenvalue weighted by molar-refractivity contribution is 0.253. The van der Waals surface area contributed by atoms with Crippen LogP contribution in [0.4, 0.5) is 21.4 Å². The van der Waals surface area contributed by atoms with Crippen molar-refractivity contribution in [2.45, 2.75) is 0 Å². The molecule has 8 N–H and O–H groups in total. The molecule has 1 heterocycles. The molecule has 0 saturated heterocycles. The summed E-state index contributed by atoms with van der Waals surface area (Å²) in [7, 11) is 0. The molecule has 3 rings (SSSR count). The van der Waals surface area contributed by atoms with Crippen LogP contribution in [-0.2, 0) is 0 Å². The summed E-state index contributed by atoms with van der Waals surface area (Å²) in [6.07, 6.45) is 0. The van der Waals surface area contributed by atoms with Crippen molar-refractivity contribution >= 4 is 23.8 Å². The number of amides is 4. The summed E-state index contributed by atoms with van der Waals surface area (Å²) in [6, 6.07) is 13.8. The van der Waals surface area contributed by atoms with Crippen LogP contribution in [0.1, 0.15) is 0 Å². The second-order valence-electron chi connectivity index (χ2n) is 5.61. The Morgan fingerprint density at radius 1 is 0.828 bits per heavy atom. The molecule has 0 aliphatic rings. The van der Waals surface area contributed by atoms with Gasteiger partial charge in [0.2, 0.25) is 0 Å². The monoisotopic (exact) mass is 395 g/mol. The number of carbonyl (C=O) groups excluding carboxylic acids is 2. The number of rotatable bonds is 5. The molecule has 1 aromatic heterocycles. The van der Waals surface area contributed by atoms with Crippen LogP contribution < -0.4 is 37.9 Å². The fraction of sp³-hybridized carbons (Fsp3) is 0. The van der Waals surface area contributed by atoms with E-state index in [0.717, 1.165) is 0 Å². The number of hydrogen-bond donors (Lipinski definition) is 4. The average molecular weight is 395 g/mol. The first-order valence-corrected chi connectivity index (χ1v) is 8.14. The lowest BCUT2D eigenvalue weighted by Crippen LogP contribution is -2.45. The van der Waals surface area contributed by atoms with Gasteiger partial charge < -0.3 is 16.2 Å². The first-order valence-electron chi connectivity index (χ1n) is 8.14. The Hall–Kier alpha value is -4.29. The van der Waals surface area contributed by atoms with Gasteiger partial charge in [-0.05, 0) is 24.3 Å². The van der Waals surface area contributed by atoms with Gasteiger partial charge >= 0.3 is 12.1 Å². The lowest BCUT2D eigenvalue weighted by Gasteiger charge is -2.19. The SMILES string of the molecule is NC(=O)N(N)c1nnc(-c2ccccc2Oc2ccccc2)c(N(N)C(N)=O)n1. The molecular weight excluding hydrogens is 378 g/mol. The highest BCUT2D eigenvalue weighted by atomic mass is 16.5. The van der Waals surface area contributed by atoms with Crippen LogP contribution in [-0.4, -0.2) is 27.2 Å². The predicted molar refractivity (Wildman–Crippen MR) is 104 cm³/mol. The summed E-state index contributed by atoms with van der Waals surface area (Å²) in [5.41, 5.74) is 10.9. The molecule has 0 fully saturated rings. The van der Waals surface area contributed by atoms with Crippen LogP contribution in [0.3, 0.4) is 0 Å². The van der Waals surface area contributed by atoms with Gasteiger partial charge in [0.15, 0.2) is 5.82 Å². The third-order valence-corrected chi connectivity index (χ3v) is 3.69. The van der Waals surface area contributed by atoms with E-state index in [-0.39, 0.29) is 17.5 Å². The summed E-state index contributed by atoms with van der Waals surface area (Å²) < 4.78 is 5.89. The third kappa shape index (κ3) is 4.18. The molecule has 4 amide bonds. The normalized spacial score (nSPS) is 10.3. The number of para-hydroxylation sites is 2. The fourth-order valence-corrected chi connectivity index (χ4v) is 2.32. The van der Waals surface area contributed by atoms with E-state index < -0.39 is 12.1 Å². The minimum atomic E-state index is -1.04. The average Bonchev–Trinajstić information content (AvgIpc) is 2.73. The molecule has 0 aliphatic carbocycles. The van der Waals surface area contributed by atoms with Crippen molar-refractivity contribution in [1.82, 2.24) is 15.2 Å². The summed E-state index contributed by atoms with van der Waals surface area (Å²) in [6.45, 7) is 0. The number of nitrogens with zero attached hydrogens (tertiary/aromatic N) is 5. The van der Waals surface area contributed by atoms with E-state index in [0.29, 0.717) is 27.1 Å². The van der Waals surface area contributed by atoms with E-state index in [1.165, 1.54) is 0 Å². The number of primary amides is 2. The van der Waals surface area contributed by atoms with Crippen LogP contribution in [0.2, 0.25) is 0 Å². The smallest absolute Gasteiger partial charge is 0.336 e. The number of anilines is 2. The number of benzene rings is 2. The molecule has 148 valence electrons. The molecule has 0 radical (unpaired) electrons. The van der Waals surface area contributed by atoms with Gasteiger partial charge in [0, 0.05) is 5.56 Å². The van der Waals surface area contributed by atoms with Crippen molar-refractivity contribution in [3.8, 4) is 22.8 Å². The zero-order valence-corrected chi connectivity index (χ0v) is 15.0. The highest BCUT2D eigenvalue weighted by Crippen LogP contribution is 2.36. The van der Waals surface area contributed by atoms with Gasteiger partial charge in [-0.15, -0.1) is 10.2 Å². The molecule has 12 heteroatoms. The van der Waals surface area contributed by atoms with Gasteiger partial charge in [-0.3, -0.25) is 0 Å². The Morgan fingerprint density at radius 2 is 1.45 bits per heavy atom. The third-order valence-electron chi connectivity index (χ3n) is 3.69. The zero-order valence-electron chi connectivity index (χ0n) is 15.0. The van der Waals surface area contributed by atoms with Crippen molar-refractivity contribution in [1.29, 1.82) is 0 Å². The van der Waals surface area contributed by atoms with Gasteiger partial charge in [0.1, 0.15) is 17.2 Å². The standard InChI is InChI=1S/C17H17N9O3/c18-15(27)25(20)14-13(23-24-17(22-14)26(21)16(19)28)11-8-4-5-9-12(11)29-10-6-2-1-3-7-10/h1-9H,20-21H2,(H2,18,27)(H2,19,28). The van der Waals surface area contributed by atoms with Gasteiger partial charge in [-0.1, -0.05) is 30.3 Å². The number of hydrazine groups is 2. The molecule has 29 heavy (non-hydrogen) atoms. The minimum Gasteiger partial charge on any atom is -0.457 e. The molecule has 12 nitrogen and oxygen atoms in total. The fourth-order valence-electron chi connectivity index (χ4n) is 2.32. The maximum atomic E-state index is 11.6. The maximum Gasteiger partial charge on any atom is 0.336 e. The quantitative estimate of drug-likeness (QED) is 0.277. The van der Waals surface area contributed by atoms with Gasteiger partial charge in [-0.25, -0.2) is 26.3 Å². The van der Waals surface area contributed by atoms with Crippen molar-refractivity contribution < 1.29 is 14.3 Å². The molecule has 0 spiro atoms. The summed E-state index contributed by atoms with van der Waals surface area (Å²) >= 11 is 0. The molecular formula is C17H17N9O3. The molecule has 0 unspecified atom stereocenters. The number of nitrogens with two attached hydrogens (primary N) is 4. The number of aromatic nitrogens is 3. The zero-order chi connectivity index (χ0) is 21.0. The van der Waals surface area contributed by atoms with Crippen molar-refractivity contribution in [2.24, 2.45) is 23.2 Å². The van der Waals surface area contributed by atoms with Gasteiger partial charge in [-0.2, -0.15) is 9.99 Å². The van der Waals surface area contributed by atoms with E-state index in [1.54, 1.807) is 36.4 Å². The topological polar surface area (TPSA) is 193 Å². The minimum absolute atomic E-state index is 0.0689. The molecule has 0 saturated carbocycles. The molecule has 3 aromatic rings. The molecule has 0 aliphatic heterocycles. The van der Waals surface area contributed by atoms with Crippen LogP contribution in [0.5, 0.6) is 11.5 Å². The van der Waals surface area contributed by atoms with E-state index >= 15 is 0 Å². The first-order chi connectivity index (χ1) is 13.9.